The minimum absolute atomic E-state index is 0.0515. The van der Waals surface area contributed by atoms with Gasteiger partial charge in [0.25, 0.3) is 0 Å². The van der Waals surface area contributed by atoms with E-state index in [1.54, 1.807) is 0 Å². The van der Waals surface area contributed by atoms with E-state index in [1.807, 2.05) is 24.3 Å². The van der Waals surface area contributed by atoms with Crippen LogP contribution < -0.4 is 5.32 Å². The standard InChI is InChI=1S/C10H10ClN3O/c11-10-13-8-4-2-1-3-7(8)9(14-10)12-5-6-15/h1-4,15H,5-6H2,(H,12,13,14). The van der Waals surface area contributed by atoms with E-state index >= 15 is 0 Å². The van der Waals surface area contributed by atoms with Crippen molar-refractivity contribution in [1.82, 2.24) is 9.97 Å². The van der Waals surface area contributed by atoms with Gasteiger partial charge in [-0.25, -0.2) is 9.97 Å². The van der Waals surface area contributed by atoms with Crippen LogP contribution in [0.1, 0.15) is 0 Å². The highest BCUT2D eigenvalue weighted by Crippen LogP contribution is 2.21. The summed E-state index contributed by atoms with van der Waals surface area (Å²) in [5.74, 6) is 0.652. The molecule has 1 aromatic carbocycles. The number of aliphatic hydroxyl groups is 1. The van der Waals surface area contributed by atoms with E-state index in [2.05, 4.69) is 15.3 Å². The van der Waals surface area contributed by atoms with Gasteiger partial charge in [-0.3, -0.25) is 0 Å². The Bertz CT molecular complexity index is 475. The highest BCUT2D eigenvalue weighted by atomic mass is 35.5. The summed E-state index contributed by atoms with van der Waals surface area (Å²) in [6.45, 7) is 0.493. The summed E-state index contributed by atoms with van der Waals surface area (Å²) in [6, 6.07) is 7.57. The summed E-state index contributed by atoms with van der Waals surface area (Å²) in [5, 5.41) is 12.8. The molecule has 2 aromatic rings. The number of nitrogens with one attached hydrogen (secondary N) is 1. The van der Waals surface area contributed by atoms with Crippen LogP contribution in [0.2, 0.25) is 5.28 Å². The molecule has 0 saturated carbocycles. The molecule has 2 rings (SSSR count). The number of anilines is 1. The van der Waals surface area contributed by atoms with Gasteiger partial charge in [-0.1, -0.05) is 12.1 Å². The molecule has 0 fully saturated rings. The van der Waals surface area contributed by atoms with Crippen molar-refractivity contribution >= 4 is 28.3 Å². The van der Waals surface area contributed by atoms with E-state index < -0.39 is 0 Å². The number of hydrogen-bond acceptors (Lipinski definition) is 4. The highest BCUT2D eigenvalue weighted by molar-refractivity contribution is 6.28. The number of hydrogen-bond donors (Lipinski definition) is 2. The van der Waals surface area contributed by atoms with Crippen LogP contribution in [0.5, 0.6) is 0 Å². The normalized spacial score (nSPS) is 10.5. The van der Waals surface area contributed by atoms with E-state index in [1.165, 1.54) is 0 Å². The van der Waals surface area contributed by atoms with E-state index in [0.717, 1.165) is 10.9 Å². The van der Waals surface area contributed by atoms with Crippen molar-refractivity contribution in [2.45, 2.75) is 0 Å². The van der Waals surface area contributed by atoms with E-state index in [4.69, 9.17) is 16.7 Å². The number of fused-ring (bicyclic) bond motifs is 1. The molecule has 5 heteroatoms. The Balaban J connectivity index is 2.50. The fourth-order valence-electron chi connectivity index (χ4n) is 1.36. The third-order valence-corrected chi connectivity index (χ3v) is 2.15. The van der Waals surface area contributed by atoms with Crippen LogP contribution in [0.3, 0.4) is 0 Å². The third-order valence-electron chi connectivity index (χ3n) is 1.98. The fraction of sp³-hybridized carbons (Fsp3) is 0.200. The van der Waals surface area contributed by atoms with Crippen molar-refractivity contribution in [3.05, 3.63) is 29.5 Å². The first-order chi connectivity index (χ1) is 7.31. The smallest absolute Gasteiger partial charge is 0.224 e. The lowest BCUT2D eigenvalue weighted by Crippen LogP contribution is -2.07. The number of aromatic nitrogens is 2. The number of halogens is 1. The van der Waals surface area contributed by atoms with Crippen molar-refractivity contribution in [3.63, 3.8) is 0 Å². The highest BCUT2D eigenvalue weighted by Gasteiger charge is 2.04. The van der Waals surface area contributed by atoms with Gasteiger partial charge in [-0.15, -0.1) is 0 Å². The molecule has 2 N–H and O–H groups in total. The van der Waals surface area contributed by atoms with Gasteiger partial charge in [0.2, 0.25) is 5.28 Å². The largest absolute Gasteiger partial charge is 0.395 e. The van der Waals surface area contributed by atoms with E-state index in [0.29, 0.717) is 12.4 Å². The van der Waals surface area contributed by atoms with Gasteiger partial charge in [0, 0.05) is 11.9 Å². The molecule has 0 radical (unpaired) electrons. The average molecular weight is 224 g/mol. The molecule has 0 aliphatic rings. The minimum atomic E-state index is 0.0515. The van der Waals surface area contributed by atoms with Gasteiger partial charge in [-0.05, 0) is 23.7 Å². The molecule has 0 atom stereocenters. The van der Waals surface area contributed by atoms with Crippen LogP contribution in [0.25, 0.3) is 10.9 Å². The molecule has 0 amide bonds. The Hall–Kier alpha value is -1.39. The molecule has 0 aliphatic heterocycles. The molecule has 0 aliphatic carbocycles. The Kier molecular flexibility index (Phi) is 2.99. The molecule has 1 heterocycles. The maximum absolute atomic E-state index is 8.73. The second-order valence-corrected chi connectivity index (χ2v) is 3.35. The number of para-hydroxylation sites is 1. The SMILES string of the molecule is OCCNc1nc(Cl)nc2ccccc12. The van der Waals surface area contributed by atoms with Crippen LogP contribution in [-0.2, 0) is 0 Å². The quantitative estimate of drug-likeness (QED) is 0.778. The lowest BCUT2D eigenvalue weighted by molar-refractivity contribution is 0.311. The molecule has 15 heavy (non-hydrogen) atoms. The van der Waals surface area contributed by atoms with E-state index in [-0.39, 0.29) is 11.9 Å². The molecule has 0 spiro atoms. The first kappa shape index (κ1) is 10.1. The van der Waals surface area contributed by atoms with Crippen LogP contribution >= 0.6 is 11.6 Å². The van der Waals surface area contributed by atoms with Crippen molar-refractivity contribution in [3.8, 4) is 0 Å². The zero-order chi connectivity index (χ0) is 10.7. The maximum Gasteiger partial charge on any atom is 0.224 e. The predicted molar refractivity (Wildman–Crippen MR) is 60.1 cm³/mol. The molecular weight excluding hydrogens is 214 g/mol. The van der Waals surface area contributed by atoms with Crippen LogP contribution in [-0.4, -0.2) is 28.2 Å². The Morgan fingerprint density at radius 3 is 2.87 bits per heavy atom. The van der Waals surface area contributed by atoms with Gasteiger partial charge in [0.05, 0.1) is 12.1 Å². The molecule has 1 aromatic heterocycles. The molecular formula is C10H10ClN3O. The molecule has 78 valence electrons. The Morgan fingerprint density at radius 2 is 2.07 bits per heavy atom. The summed E-state index contributed by atoms with van der Waals surface area (Å²) < 4.78 is 0. The third kappa shape index (κ3) is 2.16. The summed E-state index contributed by atoms with van der Waals surface area (Å²) in [5.41, 5.74) is 0.790. The van der Waals surface area contributed by atoms with Crippen molar-refractivity contribution in [2.75, 3.05) is 18.5 Å². The number of aliphatic hydroxyl groups excluding tert-OH is 1. The maximum atomic E-state index is 8.73. The lowest BCUT2D eigenvalue weighted by atomic mass is 10.2. The molecule has 0 unspecified atom stereocenters. The lowest BCUT2D eigenvalue weighted by Gasteiger charge is -2.07. The van der Waals surface area contributed by atoms with Gasteiger partial charge in [0.15, 0.2) is 0 Å². The van der Waals surface area contributed by atoms with Crippen LogP contribution in [0.15, 0.2) is 24.3 Å². The van der Waals surface area contributed by atoms with Crippen molar-refractivity contribution in [2.24, 2.45) is 0 Å². The molecule has 0 bridgehead atoms. The van der Waals surface area contributed by atoms with Crippen molar-refractivity contribution < 1.29 is 5.11 Å². The van der Waals surface area contributed by atoms with Crippen LogP contribution in [0, 0.1) is 0 Å². The Morgan fingerprint density at radius 1 is 1.27 bits per heavy atom. The zero-order valence-electron chi connectivity index (χ0n) is 7.94. The van der Waals surface area contributed by atoms with Gasteiger partial charge in [-0.2, -0.15) is 0 Å². The minimum Gasteiger partial charge on any atom is -0.395 e. The van der Waals surface area contributed by atoms with Crippen LogP contribution in [0.4, 0.5) is 5.82 Å². The number of rotatable bonds is 3. The second-order valence-electron chi connectivity index (χ2n) is 3.01. The Labute approximate surface area is 91.9 Å². The number of benzene rings is 1. The van der Waals surface area contributed by atoms with Gasteiger partial charge in [0.1, 0.15) is 5.82 Å². The number of nitrogens with zero attached hydrogens (tertiary/aromatic N) is 2. The summed E-state index contributed by atoms with van der Waals surface area (Å²) >= 11 is 5.78. The second kappa shape index (κ2) is 4.42. The predicted octanol–water partition coefficient (Wildman–Crippen LogP) is 1.69. The summed E-state index contributed by atoms with van der Waals surface area (Å²) in [4.78, 5) is 8.17. The molecule has 4 nitrogen and oxygen atoms in total. The summed E-state index contributed by atoms with van der Waals surface area (Å²) in [6.07, 6.45) is 0. The molecule has 0 saturated heterocycles. The van der Waals surface area contributed by atoms with E-state index in [9.17, 15) is 0 Å². The van der Waals surface area contributed by atoms with Gasteiger partial charge >= 0.3 is 0 Å². The monoisotopic (exact) mass is 223 g/mol. The zero-order valence-corrected chi connectivity index (χ0v) is 8.70. The van der Waals surface area contributed by atoms with Gasteiger partial charge < -0.3 is 10.4 Å². The topological polar surface area (TPSA) is 58.0 Å². The van der Waals surface area contributed by atoms with Crippen molar-refractivity contribution in [1.29, 1.82) is 0 Å². The summed E-state index contributed by atoms with van der Waals surface area (Å²) in [7, 11) is 0. The first-order valence-corrected chi connectivity index (χ1v) is 4.96. The first-order valence-electron chi connectivity index (χ1n) is 4.58. The fourth-order valence-corrected chi connectivity index (χ4v) is 1.53. The average Bonchev–Trinajstić information content (AvgIpc) is 2.25.